The van der Waals surface area contributed by atoms with Crippen LogP contribution in [0.25, 0.3) is 11.1 Å². The fraction of sp³-hybridized carbons (Fsp3) is 0.259. The third-order valence-corrected chi connectivity index (χ3v) is 4.70. The van der Waals surface area contributed by atoms with Crippen LogP contribution in [0.3, 0.4) is 0 Å². The number of phenolic OH excluding ortho intramolecular Hbond substituents is 1. The number of benzene rings is 3. The van der Waals surface area contributed by atoms with Crippen molar-refractivity contribution in [2.75, 3.05) is 20.2 Å². The molecule has 0 spiro atoms. The average molecular weight is 404 g/mol. The minimum Gasteiger partial charge on any atom is -0.508 e. The number of phenols is 1. The van der Waals surface area contributed by atoms with Gasteiger partial charge in [-0.3, -0.25) is 0 Å². The molecule has 0 amide bonds. The van der Waals surface area contributed by atoms with E-state index in [4.69, 9.17) is 4.74 Å². The van der Waals surface area contributed by atoms with Crippen molar-refractivity contribution in [2.45, 2.75) is 27.2 Å². The highest BCUT2D eigenvalue weighted by molar-refractivity contribution is 5.98. The molecule has 0 aliphatic carbocycles. The Kier molecular flexibility index (Phi) is 9.69. The predicted octanol–water partition coefficient (Wildman–Crippen LogP) is 6.39. The van der Waals surface area contributed by atoms with E-state index < -0.39 is 0 Å². The lowest BCUT2D eigenvalue weighted by Crippen LogP contribution is -2.15. The van der Waals surface area contributed by atoms with E-state index in [9.17, 15) is 5.11 Å². The van der Waals surface area contributed by atoms with Crippen molar-refractivity contribution in [3.63, 3.8) is 0 Å². The Bertz CT molecular complexity index is 898. The van der Waals surface area contributed by atoms with Crippen molar-refractivity contribution in [2.24, 2.45) is 0 Å². The lowest BCUT2D eigenvalue weighted by molar-refractivity contribution is 0.318. The summed E-state index contributed by atoms with van der Waals surface area (Å²) in [6, 6.07) is 26.1. The zero-order valence-electron chi connectivity index (χ0n) is 18.5. The Balaban J connectivity index is 0.00000155. The summed E-state index contributed by atoms with van der Waals surface area (Å²) in [5.74, 6) is 1.14. The van der Waals surface area contributed by atoms with Gasteiger partial charge in [-0.1, -0.05) is 75.4 Å². The van der Waals surface area contributed by atoms with Crippen molar-refractivity contribution in [1.82, 2.24) is 5.32 Å². The lowest BCUT2D eigenvalue weighted by Gasteiger charge is -2.17. The molecule has 0 radical (unpaired) electrons. The van der Waals surface area contributed by atoms with Crippen LogP contribution >= 0.6 is 0 Å². The van der Waals surface area contributed by atoms with Gasteiger partial charge in [0.05, 0.1) is 0 Å². The van der Waals surface area contributed by atoms with Gasteiger partial charge in [0.15, 0.2) is 0 Å². The summed E-state index contributed by atoms with van der Waals surface area (Å²) < 4.78 is 5.76. The van der Waals surface area contributed by atoms with Gasteiger partial charge in [-0.05, 0) is 65.6 Å². The average Bonchev–Trinajstić information content (AvgIpc) is 2.81. The number of hydrogen-bond donors (Lipinski definition) is 2. The molecule has 0 heterocycles. The van der Waals surface area contributed by atoms with Crippen LogP contribution in [0.2, 0.25) is 0 Å². The molecule has 0 unspecified atom stereocenters. The number of hydrogen-bond acceptors (Lipinski definition) is 3. The van der Waals surface area contributed by atoms with Crippen molar-refractivity contribution in [3.8, 4) is 11.5 Å². The van der Waals surface area contributed by atoms with Crippen molar-refractivity contribution >= 4 is 11.1 Å². The Hall–Kier alpha value is -3.04. The fourth-order valence-corrected chi connectivity index (χ4v) is 3.30. The third kappa shape index (κ3) is 6.23. The summed E-state index contributed by atoms with van der Waals surface area (Å²) in [4.78, 5) is 0. The van der Waals surface area contributed by atoms with Gasteiger partial charge in [-0.25, -0.2) is 0 Å². The molecule has 3 heteroatoms. The van der Waals surface area contributed by atoms with E-state index in [0.29, 0.717) is 6.61 Å². The van der Waals surface area contributed by atoms with Gasteiger partial charge in [0.25, 0.3) is 0 Å². The highest BCUT2D eigenvalue weighted by Crippen LogP contribution is 2.35. The molecule has 0 fully saturated rings. The summed E-state index contributed by atoms with van der Waals surface area (Å²) >= 11 is 0. The second-order valence-electron chi connectivity index (χ2n) is 6.60. The zero-order chi connectivity index (χ0) is 21.8. The Morgan fingerprint density at radius 1 is 0.800 bits per heavy atom. The van der Waals surface area contributed by atoms with E-state index >= 15 is 0 Å². The largest absolute Gasteiger partial charge is 0.508 e. The van der Waals surface area contributed by atoms with E-state index in [2.05, 4.69) is 48.6 Å². The van der Waals surface area contributed by atoms with Crippen molar-refractivity contribution < 1.29 is 9.84 Å². The van der Waals surface area contributed by atoms with E-state index in [0.717, 1.165) is 29.8 Å². The van der Waals surface area contributed by atoms with Gasteiger partial charge in [-0.15, -0.1) is 0 Å². The quantitative estimate of drug-likeness (QED) is 0.338. The molecule has 3 aromatic rings. The molecule has 0 atom stereocenters. The number of allylic oxidation sites excluding steroid dienone is 1. The van der Waals surface area contributed by atoms with Gasteiger partial charge in [0.2, 0.25) is 0 Å². The molecule has 3 rings (SSSR count). The molecule has 0 bridgehead atoms. The van der Waals surface area contributed by atoms with Crippen LogP contribution in [0.15, 0.2) is 78.9 Å². The SMILES string of the molecule is CC.CC/C(=C(/c1ccc(O)cc1)c1ccc(OCCNC)cc1)c1ccccc1. The Morgan fingerprint density at radius 3 is 1.90 bits per heavy atom. The van der Waals surface area contributed by atoms with Gasteiger partial charge in [-0.2, -0.15) is 0 Å². The van der Waals surface area contributed by atoms with Crippen molar-refractivity contribution in [1.29, 1.82) is 0 Å². The fourth-order valence-electron chi connectivity index (χ4n) is 3.30. The minimum atomic E-state index is 0.272. The normalized spacial score (nSPS) is 11.2. The second-order valence-corrected chi connectivity index (χ2v) is 6.60. The van der Waals surface area contributed by atoms with Crippen LogP contribution in [0.4, 0.5) is 0 Å². The summed E-state index contributed by atoms with van der Waals surface area (Å²) in [5.41, 5.74) is 5.88. The maximum atomic E-state index is 9.72. The predicted molar refractivity (Wildman–Crippen MR) is 128 cm³/mol. The molecule has 3 nitrogen and oxygen atoms in total. The van der Waals surface area contributed by atoms with E-state index in [-0.39, 0.29) is 5.75 Å². The summed E-state index contributed by atoms with van der Waals surface area (Å²) in [6.45, 7) is 7.63. The standard InChI is InChI=1S/C25H27NO2.C2H6/c1-3-24(19-7-5-4-6-8-19)25(20-9-13-22(27)14-10-20)21-11-15-23(16-12-21)28-18-17-26-2;1-2/h4-16,26-27H,3,17-18H2,1-2H3;1-2H3/b25-24+;. The maximum Gasteiger partial charge on any atom is 0.119 e. The van der Waals surface area contributed by atoms with Crippen LogP contribution in [-0.4, -0.2) is 25.3 Å². The molecule has 3 aromatic carbocycles. The maximum absolute atomic E-state index is 9.72. The van der Waals surface area contributed by atoms with Crippen LogP contribution in [-0.2, 0) is 0 Å². The first-order valence-electron chi connectivity index (χ1n) is 10.7. The summed E-state index contributed by atoms with van der Waals surface area (Å²) in [7, 11) is 1.91. The number of ether oxygens (including phenoxy) is 1. The summed E-state index contributed by atoms with van der Waals surface area (Å²) in [5, 5.41) is 12.8. The molecule has 0 aliphatic heterocycles. The molecular weight excluding hydrogens is 370 g/mol. The topological polar surface area (TPSA) is 41.5 Å². The Morgan fingerprint density at radius 2 is 1.37 bits per heavy atom. The Labute approximate surface area is 181 Å². The van der Waals surface area contributed by atoms with E-state index in [1.54, 1.807) is 12.1 Å². The lowest BCUT2D eigenvalue weighted by atomic mass is 9.88. The highest BCUT2D eigenvalue weighted by Gasteiger charge is 2.13. The number of aromatic hydroxyl groups is 1. The molecule has 30 heavy (non-hydrogen) atoms. The van der Waals surface area contributed by atoms with Crippen LogP contribution < -0.4 is 10.1 Å². The number of likely N-dealkylation sites (N-methyl/N-ethyl adjacent to an activating group) is 1. The smallest absolute Gasteiger partial charge is 0.119 e. The van der Waals surface area contributed by atoms with Crippen molar-refractivity contribution in [3.05, 3.63) is 95.6 Å². The first-order valence-corrected chi connectivity index (χ1v) is 10.7. The summed E-state index contributed by atoms with van der Waals surface area (Å²) in [6.07, 6.45) is 0.903. The molecule has 0 saturated heterocycles. The number of rotatable bonds is 8. The molecule has 0 aromatic heterocycles. The van der Waals surface area contributed by atoms with Gasteiger partial charge >= 0.3 is 0 Å². The first-order chi connectivity index (χ1) is 14.7. The monoisotopic (exact) mass is 403 g/mol. The van der Waals surface area contributed by atoms with Gasteiger partial charge in [0, 0.05) is 6.54 Å². The molecule has 2 N–H and O–H groups in total. The van der Waals surface area contributed by atoms with Crippen LogP contribution in [0.5, 0.6) is 11.5 Å². The zero-order valence-corrected chi connectivity index (χ0v) is 18.5. The highest BCUT2D eigenvalue weighted by atomic mass is 16.5. The molecule has 0 saturated carbocycles. The first kappa shape index (κ1) is 23.2. The van der Waals surface area contributed by atoms with Gasteiger partial charge in [0.1, 0.15) is 18.1 Å². The van der Waals surface area contributed by atoms with E-state index in [1.165, 1.54) is 16.7 Å². The third-order valence-electron chi connectivity index (χ3n) is 4.70. The molecular formula is C27H33NO2. The van der Waals surface area contributed by atoms with Crippen LogP contribution in [0, 0.1) is 0 Å². The molecule has 158 valence electrons. The molecule has 0 aliphatic rings. The van der Waals surface area contributed by atoms with E-state index in [1.807, 2.05) is 51.2 Å². The second kappa shape index (κ2) is 12.5. The van der Waals surface area contributed by atoms with Gasteiger partial charge < -0.3 is 15.2 Å². The number of nitrogens with one attached hydrogen (secondary N) is 1. The van der Waals surface area contributed by atoms with Crippen LogP contribution in [0.1, 0.15) is 43.9 Å². The minimum absolute atomic E-state index is 0.272.